The van der Waals surface area contributed by atoms with Crippen LogP contribution in [0, 0.1) is 16.0 Å². The molecule has 0 spiro atoms. The van der Waals surface area contributed by atoms with Crippen molar-refractivity contribution in [2.24, 2.45) is 5.92 Å². The van der Waals surface area contributed by atoms with Crippen LogP contribution in [0.1, 0.15) is 43.0 Å². The van der Waals surface area contributed by atoms with Gasteiger partial charge in [0.05, 0.1) is 15.5 Å². The molecule has 27 heavy (non-hydrogen) atoms. The van der Waals surface area contributed by atoms with Crippen molar-refractivity contribution in [2.45, 2.75) is 38.6 Å². The molecule has 1 aliphatic rings. The topological polar surface area (TPSA) is 128 Å². The molecule has 10 heteroatoms. The van der Waals surface area contributed by atoms with Crippen molar-refractivity contribution < 1.29 is 24.0 Å². The molecule has 0 heterocycles. The van der Waals surface area contributed by atoms with Gasteiger partial charge in [-0.25, -0.2) is 9.59 Å². The molecule has 2 atom stereocenters. The molecule has 0 saturated heterocycles. The SMILES string of the molecule is C[C@H]1CCCC[C@@H]1NC(=O)NC(=O)COC(=O)c1ccc([N+](=O)[O-])cc1Cl. The number of esters is 1. The number of non-ortho nitro benzene ring substituents is 1. The molecule has 0 unspecified atom stereocenters. The average molecular weight is 398 g/mol. The summed E-state index contributed by atoms with van der Waals surface area (Å²) >= 11 is 5.82. The normalized spacial score (nSPS) is 19.0. The summed E-state index contributed by atoms with van der Waals surface area (Å²) in [6.07, 6.45) is 4.03. The molecular weight excluding hydrogens is 378 g/mol. The lowest BCUT2D eigenvalue weighted by atomic mass is 9.86. The molecule has 3 amide bonds. The highest BCUT2D eigenvalue weighted by Crippen LogP contribution is 2.24. The summed E-state index contributed by atoms with van der Waals surface area (Å²) in [6, 6.07) is 2.62. The lowest BCUT2D eigenvalue weighted by molar-refractivity contribution is -0.384. The summed E-state index contributed by atoms with van der Waals surface area (Å²) < 4.78 is 4.80. The first-order valence-electron chi connectivity index (χ1n) is 8.49. The van der Waals surface area contributed by atoms with E-state index in [1.54, 1.807) is 0 Å². The summed E-state index contributed by atoms with van der Waals surface area (Å²) in [7, 11) is 0. The number of nitrogens with zero attached hydrogens (tertiary/aromatic N) is 1. The molecule has 1 aliphatic carbocycles. The Labute approximate surface area is 160 Å². The Kier molecular flexibility index (Phi) is 7.12. The Hall–Kier alpha value is -2.68. The summed E-state index contributed by atoms with van der Waals surface area (Å²) in [5, 5.41) is 15.3. The van der Waals surface area contributed by atoms with Crippen LogP contribution in [-0.4, -0.2) is 35.5 Å². The molecular formula is C17H20ClN3O6. The van der Waals surface area contributed by atoms with Crippen LogP contribution < -0.4 is 10.6 Å². The number of carbonyl (C=O) groups excluding carboxylic acids is 3. The van der Waals surface area contributed by atoms with Gasteiger partial charge in [0.25, 0.3) is 11.6 Å². The second-order valence-electron chi connectivity index (χ2n) is 6.39. The smallest absolute Gasteiger partial charge is 0.340 e. The van der Waals surface area contributed by atoms with Crippen molar-refractivity contribution in [3.05, 3.63) is 38.9 Å². The van der Waals surface area contributed by atoms with Crippen LogP contribution in [0.4, 0.5) is 10.5 Å². The van der Waals surface area contributed by atoms with E-state index in [0.29, 0.717) is 5.92 Å². The van der Waals surface area contributed by atoms with E-state index in [4.69, 9.17) is 16.3 Å². The molecule has 1 aromatic rings. The predicted octanol–water partition coefficient (Wildman–Crippen LogP) is 2.81. The molecule has 2 N–H and O–H groups in total. The number of ether oxygens (including phenoxy) is 1. The quantitative estimate of drug-likeness (QED) is 0.446. The number of amides is 3. The highest BCUT2D eigenvalue weighted by atomic mass is 35.5. The van der Waals surface area contributed by atoms with Crippen LogP contribution in [0.15, 0.2) is 18.2 Å². The number of nitro groups is 1. The molecule has 0 radical (unpaired) electrons. The maximum Gasteiger partial charge on any atom is 0.340 e. The van der Waals surface area contributed by atoms with Gasteiger partial charge in [0.2, 0.25) is 0 Å². The first kappa shape index (κ1) is 20.6. The predicted molar refractivity (Wildman–Crippen MR) is 96.5 cm³/mol. The molecule has 0 aliphatic heterocycles. The van der Waals surface area contributed by atoms with Gasteiger partial charge in [-0.15, -0.1) is 0 Å². The van der Waals surface area contributed by atoms with E-state index in [2.05, 4.69) is 10.6 Å². The van der Waals surface area contributed by atoms with Crippen LogP contribution in [0.5, 0.6) is 0 Å². The van der Waals surface area contributed by atoms with Crippen LogP contribution in [0.2, 0.25) is 5.02 Å². The van der Waals surface area contributed by atoms with Gasteiger partial charge < -0.3 is 10.1 Å². The van der Waals surface area contributed by atoms with Crippen molar-refractivity contribution in [3.8, 4) is 0 Å². The second kappa shape index (κ2) is 9.31. The maximum atomic E-state index is 11.9. The number of halogens is 1. The van der Waals surface area contributed by atoms with Gasteiger partial charge in [-0.2, -0.15) is 0 Å². The number of rotatable bonds is 5. The Morgan fingerprint density at radius 3 is 2.63 bits per heavy atom. The third-order valence-corrected chi connectivity index (χ3v) is 4.71. The third kappa shape index (κ3) is 5.92. The van der Waals surface area contributed by atoms with E-state index in [1.165, 1.54) is 0 Å². The van der Waals surface area contributed by atoms with Crippen LogP contribution in [-0.2, 0) is 9.53 Å². The number of hydrogen-bond acceptors (Lipinski definition) is 6. The van der Waals surface area contributed by atoms with E-state index < -0.39 is 29.4 Å². The van der Waals surface area contributed by atoms with Gasteiger partial charge in [0.1, 0.15) is 0 Å². The van der Waals surface area contributed by atoms with Crippen LogP contribution in [0.25, 0.3) is 0 Å². The summed E-state index contributed by atoms with van der Waals surface area (Å²) in [5.41, 5.74) is -0.390. The van der Waals surface area contributed by atoms with Crippen molar-refractivity contribution in [3.63, 3.8) is 0 Å². The van der Waals surface area contributed by atoms with Gasteiger partial charge in [0.15, 0.2) is 6.61 Å². The second-order valence-corrected chi connectivity index (χ2v) is 6.79. The van der Waals surface area contributed by atoms with Crippen molar-refractivity contribution in [2.75, 3.05) is 6.61 Å². The molecule has 2 rings (SSSR count). The number of imide groups is 1. The standard InChI is InChI=1S/C17H20ClN3O6/c1-10-4-2-3-5-14(10)19-17(24)20-15(22)9-27-16(23)12-7-6-11(21(25)26)8-13(12)18/h6-8,10,14H,2-5,9H2,1H3,(H2,19,20,22,24)/t10-,14-/m0/s1. The fourth-order valence-corrected chi connectivity index (χ4v) is 3.14. The molecule has 0 bridgehead atoms. The van der Waals surface area contributed by atoms with Gasteiger partial charge >= 0.3 is 12.0 Å². The highest BCUT2D eigenvalue weighted by Gasteiger charge is 2.24. The Morgan fingerprint density at radius 2 is 2.00 bits per heavy atom. The minimum Gasteiger partial charge on any atom is -0.452 e. The van der Waals surface area contributed by atoms with E-state index >= 15 is 0 Å². The van der Waals surface area contributed by atoms with Crippen molar-refractivity contribution >= 4 is 35.2 Å². The minimum atomic E-state index is -0.925. The molecule has 1 saturated carbocycles. The molecule has 146 valence electrons. The Morgan fingerprint density at radius 1 is 1.30 bits per heavy atom. The van der Waals surface area contributed by atoms with Gasteiger partial charge in [-0.1, -0.05) is 31.4 Å². The summed E-state index contributed by atoms with van der Waals surface area (Å²) in [5.74, 6) is -1.38. The molecule has 1 fully saturated rings. The summed E-state index contributed by atoms with van der Waals surface area (Å²) in [4.78, 5) is 45.6. The largest absolute Gasteiger partial charge is 0.452 e. The maximum absolute atomic E-state index is 11.9. The van der Waals surface area contributed by atoms with E-state index in [9.17, 15) is 24.5 Å². The van der Waals surface area contributed by atoms with Crippen LogP contribution >= 0.6 is 11.6 Å². The van der Waals surface area contributed by atoms with Crippen LogP contribution in [0.3, 0.4) is 0 Å². The number of nitro benzene ring substituents is 1. The fraction of sp³-hybridized carbons (Fsp3) is 0.471. The Bertz CT molecular complexity index is 754. The zero-order valence-corrected chi connectivity index (χ0v) is 15.5. The Balaban J connectivity index is 1.81. The number of carbonyl (C=O) groups is 3. The van der Waals surface area contributed by atoms with E-state index in [1.807, 2.05) is 6.92 Å². The molecule has 1 aromatic carbocycles. The van der Waals surface area contributed by atoms with Gasteiger partial charge in [0, 0.05) is 18.2 Å². The van der Waals surface area contributed by atoms with E-state index in [-0.39, 0.29) is 22.3 Å². The lowest BCUT2D eigenvalue weighted by Crippen LogP contribution is -2.48. The number of nitrogens with one attached hydrogen (secondary N) is 2. The fourth-order valence-electron chi connectivity index (χ4n) is 2.89. The van der Waals surface area contributed by atoms with E-state index in [0.717, 1.165) is 43.9 Å². The average Bonchev–Trinajstić information content (AvgIpc) is 2.61. The minimum absolute atomic E-state index is 0.00742. The molecule has 9 nitrogen and oxygen atoms in total. The number of benzene rings is 1. The number of hydrogen-bond donors (Lipinski definition) is 2. The highest BCUT2D eigenvalue weighted by molar-refractivity contribution is 6.33. The third-order valence-electron chi connectivity index (χ3n) is 4.40. The van der Waals surface area contributed by atoms with Crippen molar-refractivity contribution in [1.82, 2.24) is 10.6 Å². The van der Waals surface area contributed by atoms with Gasteiger partial charge in [-0.05, 0) is 24.8 Å². The van der Waals surface area contributed by atoms with Gasteiger partial charge in [-0.3, -0.25) is 20.2 Å². The zero-order chi connectivity index (χ0) is 20.0. The summed E-state index contributed by atoms with van der Waals surface area (Å²) in [6.45, 7) is 1.36. The monoisotopic (exact) mass is 397 g/mol. The number of urea groups is 1. The first-order valence-corrected chi connectivity index (χ1v) is 8.87. The lowest BCUT2D eigenvalue weighted by Gasteiger charge is -2.29. The molecule has 0 aromatic heterocycles. The first-order chi connectivity index (χ1) is 12.8. The van der Waals surface area contributed by atoms with Crippen molar-refractivity contribution in [1.29, 1.82) is 0 Å². The zero-order valence-electron chi connectivity index (χ0n) is 14.7.